The van der Waals surface area contributed by atoms with E-state index in [9.17, 15) is 4.39 Å². The maximum absolute atomic E-state index is 12.7. The zero-order valence-electron chi connectivity index (χ0n) is 8.34. The Morgan fingerprint density at radius 3 is 2.93 bits per heavy atom. The van der Waals surface area contributed by atoms with E-state index in [0.717, 1.165) is 6.42 Å². The fourth-order valence-corrected chi connectivity index (χ4v) is 1.03. The van der Waals surface area contributed by atoms with Gasteiger partial charge in [-0.25, -0.2) is 4.98 Å². The van der Waals surface area contributed by atoms with Gasteiger partial charge in [0.1, 0.15) is 0 Å². The van der Waals surface area contributed by atoms with Gasteiger partial charge < -0.3 is 5.32 Å². The zero-order valence-corrected chi connectivity index (χ0v) is 8.34. The molecule has 0 aromatic carbocycles. The summed E-state index contributed by atoms with van der Waals surface area (Å²) in [5.74, 6) is 2.13. The van der Waals surface area contributed by atoms with Crippen LogP contribution in [0.15, 0.2) is 18.3 Å². The molecule has 2 nitrogen and oxygen atoms in total. The lowest BCUT2D eigenvalue weighted by Gasteiger charge is -2.24. The number of nitrogens with one attached hydrogen (secondary N) is 1. The highest BCUT2D eigenvalue weighted by Crippen LogP contribution is 2.17. The fourth-order valence-electron chi connectivity index (χ4n) is 1.03. The molecule has 0 amide bonds. The van der Waals surface area contributed by atoms with Gasteiger partial charge in [0.2, 0.25) is 5.95 Å². The van der Waals surface area contributed by atoms with Gasteiger partial charge in [0.05, 0.1) is 5.54 Å². The zero-order chi connectivity index (χ0) is 10.6. The first-order valence-electron chi connectivity index (χ1n) is 4.47. The molecule has 0 saturated heterocycles. The van der Waals surface area contributed by atoms with Gasteiger partial charge in [-0.2, -0.15) is 4.39 Å². The number of halogens is 1. The highest BCUT2D eigenvalue weighted by atomic mass is 19.1. The van der Waals surface area contributed by atoms with E-state index in [-0.39, 0.29) is 0 Å². The second kappa shape index (κ2) is 4.10. The van der Waals surface area contributed by atoms with Crippen LogP contribution in [0.3, 0.4) is 0 Å². The second-order valence-electron chi connectivity index (χ2n) is 3.32. The van der Waals surface area contributed by atoms with Crippen LogP contribution < -0.4 is 5.32 Å². The van der Waals surface area contributed by atoms with Crippen LogP contribution in [0.1, 0.15) is 20.3 Å². The molecule has 0 fully saturated rings. The third-order valence-electron chi connectivity index (χ3n) is 2.17. The Morgan fingerprint density at radius 2 is 2.43 bits per heavy atom. The molecule has 1 aromatic rings. The predicted molar refractivity (Wildman–Crippen MR) is 55.3 cm³/mol. The lowest BCUT2D eigenvalue weighted by atomic mass is 10.00. The topological polar surface area (TPSA) is 24.9 Å². The summed E-state index contributed by atoms with van der Waals surface area (Å²) in [6.45, 7) is 3.87. The van der Waals surface area contributed by atoms with E-state index in [2.05, 4.69) is 16.2 Å². The van der Waals surface area contributed by atoms with E-state index in [1.54, 1.807) is 6.07 Å². The molecule has 3 heteroatoms. The Hall–Kier alpha value is -1.56. The minimum Gasteiger partial charge on any atom is -0.369 e. The molecule has 1 N–H and O–H groups in total. The summed E-state index contributed by atoms with van der Waals surface area (Å²) in [6.07, 6.45) is 7.56. The molecule has 0 aliphatic carbocycles. The van der Waals surface area contributed by atoms with E-state index in [1.165, 1.54) is 12.3 Å². The fraction of sp³-hybridized carbons (Fsp3) is 0.364. The maximum atomic E-state index is 12.7. The number of anilines is 1. The molecule has 74 valence electrons. The Labute approximate surface area is 83.6 Å². The average Bonchev–Trinajstić information content (AvgIpc) is 2.18. The molecule has 0 saturated carbocycles. The molecule has 1 unspecified atom stereocenters. The number of nitrogens with zero attached hydrogens (tertiary/aromatic N) is 1. The van der Waals surface area contributed by atoms with Crippen LogP contribution >= 0.6 is 0 Å². The summed E-state index contributed by atoms with van der Waals surface area (Å²) >= 11 is 0. The number of rotatable bonds is 3. The smallest absolute Gasteiger partial charge is 0.214 e. The van der Waals surface area contributed by atoms with Crippen molar-refractivity contribution in [1.29, 1.82) is 0 Å². The van der Waals surface area contributed by atoms with Crippen LogP contribution in [0.2, 0.25) is 0 Å². The highest BCUT2D eigenvalue weighted by Gasteiger charge is 2.17. The first-order valence-corrected chi connectivity index (χ1v) is 4.47. The Morgan fingerprint density at radius 1 is 1.71 bits per heavy atom. The van der Waals surface area contributed by atoms with Crippen molar-refractivity contribution in [1.82, 2.24) is 4.98 Å². The molecule has 0 aliphatic heterocycles. The Kier molecular flexibility index (Phi) is 3.08. The predicted octanol–water partition coefficient (Wildman–Crippen LogP) is 2.43. The van der Waals surface area contributed by atoms with Gasteiger partial charge in [0.25, 0.3) is 0 Å². The summed E-state index contributed by atoms with van der Waals surface area (Å²) in [5.41, 5.74) is 0.216. The van der Waals surface area contributed by atoms with Crippen LogP contribution in [0.5, 0.6) is 0 Å². The Bertz CT molecular complexity index is 357. The van der Waals surface area contributed by atoms with Crippen LogP contribution in [0, 0.1) is 18.3 Å². The van der Waals surface area contributed by atoms with Crippen molar-refractivity contribution in [3.8, 4) is 12.3 Å². The van der Waals surface area contributed by atoms with Gasteiger partial charge >= 0.3 is 0 Å². The van der Waals surface area contributed by atoms with E-state index in [0.29, 0.717) is 5.69 Å². The van der Waals surface area contributed by atoms with Crippen molar-refractivity contribution in [2.45, 2.75) is 25.8 Å². The molecule has 1 rings (SSSR count). The first-order chi connectivity index (χ1) is 6.59. The molecule has 1 heterocycles. The number of hydrogen-bond acceptors (Lipinski definition) is 2. The SMILES string of the molecule is C#CC(C)(CC)Nc1ccnc(F)c1. The monoisotopic (exact) mass is 192 g/mol. The number of terminal acetylenes is 1. The summed E-state index contributed by atoms with van der Waals surface area (Å²) in [5, 5.41) is 3.08. The van der Waals surface area contributed by atoms with Crippen LogP contribution in [0.4, 0.5) is 10.1 Å². The largest absolute Gasteiger partial charge is 0.369 e. The Balaban J connectivity index is 2.84. The van der Waals surface area contributed by atoms with Crippen molar-refractivity contribution in [2.24, 2.45) is 0 Å². The molecular weight excluding hydrogens is 179 g/mol. The molecular formula is C11H13FN2. The quantitative estimate of drug-likeness (QED) is 0.587. The normalized spacial score (nSPS) is 14.1. The van der Waals surface area contributed by atoms with Crippen molar-refractivity contribution < 1.29 is 4.39 Å². The second-order valence-corrected chi connectivity index (χ2v) is 3.32. The molecule has 1 atom stereocenters. The minimum atomic E-state index is -0.509. The number of pyridine rings is 1. The van der Waals surface area contributed by atoms with Gasteiger partial charge in [-0.05, 0) is 19.4 Å². The lowest BCUT2D eigenvalue weighted by molar-refractivity contribution is 0.581. The van der Waals surface area contributed by atoms with Gasteiger partial charge in [0, 0.05) is 18.0 Å². The van der Waals surface area contributed by atoms with Gasteiger partial charge in [-0.15, -0.1) is 6.42 Å². The third kappa shape index (κ3) is 2.46. The molecule has 14 heavy (non-hydrogen) atoms. The first kappa shape index (κ1) is 10.5. The van der Waals surface area contributed by atoms with Crippen molar-refractivity contribution in [3.63, 3.8) is 0 Å². The van der Waals surface area contributed by atoms with E-state index in [4.69, 9.17) is 6.42 Å². The molecule has 1 aromatic heterocycles. The lowest BCUT2D eigenvalue weighted by Crippen LogP contribution is -2.31. The summed E-state index contributed by atoms with van der Waals surface area (Å²) in [6, 6.07) is 3.01. The summed E-state index contributed by atoms with van der Waals surface area (Å²) in [7, 11) is 0. The third-order valence-corrected chi connectivity index (χ3v) is 2.17. The maximum Gasteiger partial charge on any atom is 0.214 e. The van der Waals surface area contributed by atoms with Crippen molar-refractivity contribution in [3.05, 3.63) is 24.3 Å². The average molecular weight is 192 g/mol. The van der Waals surface area contributed by atoms with E-state index in [1.807, 2.05) is 13.8 Å². The summed E-state index contributed by atoms with van der Waals surface area (Å²) in [4.78, 5) is 3.46. The molecule has 0 spiro atoms. The molecule has 0 bridgehead atoms. The molecule has 0 aliphatic rings. The van der Waals surface area contributed by atoms with E-state index < -0.39 is 11.5 Å². The number of hydrogen-bond donors (Lipinski definition) is 1. The van der Waals surface area contributed by atoms with Gasteiger partial charge in [-0.3, -0.25) is 0 Å². The van der Waals surface area contributed by atoms with E-state index >= 15 is 0 Å². The standard InChI is InChI=1S/C11H13FN2/c1-4-11(3,5-2)14-9-6-7-13-10(12)8-9/h1,6-8H,5H2,2-3H3,(H,13,14). The van der Waals surface area contributed by atoms with Gasteiger partial charge in [0.15, 0.2) is 0 Å². The summed E-state index contributed by atoms with van der Waals surface area (Å²) < 4.78 is 12.7. The van der Waals surface area contributed by atoms with Crippen LogP contribution in [0.25, 0.3) is 0 Å². The van der Waals surface area contributed by atoms with Crippen LogP contribution in [-0.4, -0.2) is 10.5 Å². The molecule has 0 radical (unpaired) electrons. The highest BCUT2D eigenvalue weighted by molar-refractivity contribution is 5.46. The van der Waals surface area contributed by atoms with Crippen molar-refractivity contribution >= 4 is 5.69 Å². The van der Waals surface area contributed by atoms with Crippen LogP contribution in [-0.2, 0) is 0 Å². The van der Waals surface area contributed by atoms with Gasteiger partial charge in [-0.1, -0.05) is 12.8 Å². The van der Waals surface area contributed by atoms with Crippen molar-refractivity contribution in [2.75, 3.05) is 5.32 Å². The number of aromatic nitrogens is 1. The minimum absolute atomic E-state index is 0.437.